The van der Waals surface area contributed by atoms with Gasteiger partial charge >= 0.3 is 0 Å². The molecular formula is C19H14N4. The fourth-order valence-corrected chi connectivity index (χ4v) is 2.87. The number of benzene rings is 2. The third-order valence-corrected chi connectivity index (χ3v) is 4.02. The van der Waals surface area contributed by atoms with Gasteiger partial charge in [-0.3, -0.25) is 4.68 Å². The molecule has 4 heteroatoms. The maximum absolute atomic E-state index is 9.10. The molecule has 0 bridgehead atoms. The number of aryl methyl sites for hydroxylation is 1. The van der Waals surface area contributed by atoms with Crippen molar-refractivity contribution >= 4 is 10.9 Å². The maximum Gasteiger partial charge on any atom is 0.0991 e. The zero-order chi connectivity index (χ0) is 15.8. The van der Waals surface area contributed by atoms with Gasteiger partial charge in [0.1, 0.15) is 0 Å². The average molecular weight is 298 g/mol. The predicted octanol–water partition coefficient (Wildman–Crippen LogP) is 4.11. The molecule has 0 amide bonds. The van der Waals surface area contributed by atoms with Crippen LogP contribution in [0, 0.1) is 11.3 Å². The lowest BCUT2D eigenvalue weighted by molar-refractivity contribution is 0.768. The Labute approximate surface area is 133 Å². The van der Waals surface area contributed by atoms with Gasteiger partial charge in [-0.15, -0.1) is 0 Å². The predicted molar refractivity (Wildman–Crippen MR) is 90.7 cm³/mol. The standard InChI is InChI=1S/C19H14N4/c1-23-12-16(10-22-23)14-5-6-19-17(8-14)18(11-21-19)15-4-2-3-13(7-15)9-20/h2-8,10-12,21H,1H3. The van der Waals surface area contributed by atoms with Crippen LogP contribution in [0.25, 0.3) is 33.2 Å². The third-order valence-electron chi connectivity index (χ3n) is 4.02. The van der Waals surface area contributed by atoms with Crippen LogP contribution < -0.4 is 0 Å². The van der Waals surface area contributed by atoms with Crippen molar-refractivity contribution in [3.8, 4) is 28.3 Å². The summed E-state index contributed by atoms with van der Waals surface area (Å²) < 4.78 is 1.80. The largest absolute Gasteiger partial charge is 0.361 e. The van der Waals surface area contributed by atoms with Gasteiger partial charge in [-0.2, -0.15) is 10.4 Å². The quantitative estimate of drug-likeness (QED) is 0.605. The molecule has 0 atom stereocenters. The molecule has 0 saturated heterocycles. The first-order valence-corrected chi connectivity index (χ1v) is 7.35. The van der Waals surface area contributed by atoms with E-state index in [2.05, 4.69) is 34.4 Å². The summed E-state index contributed by atoms with van der Waals surface area (Å²) in [4.78, 5) is 3.30. The molecule has 1 N–H and O–H groups in total. The van der Waals surface area contributed by atoms with Gasteiger partial charge in [0.25, 0.3) is 0 Å². The monoisotopic (exact) mass is 298 g/mol. The number of nitrogens with zero attached hydrogens (tertiary/aromatic N) is 3. The van der Waals surface area contributed by atoms with E-state index in [9.17, 15) is 0 Å². The Morgan fingerprint density at radius 1 is 1.09 bits per heavy atom. The van der Waals surface area contributed by atoms with Crippen molar-refractivity contribution in [1.82, 2.24) is 14.8 Å². The van der Waals surface area contributed by atoms with E-state index in [1.54, 1.807) is 4.68 Å². The van der Waals surface area contributed by atoms with E-state index in [0.29, 0.717) is 5.56 Å². The van der Waals surface area contributed by atoms with Gasteiger partial charge in [-0.1, -0.05) is 18.2 Å². The van der Waals surface area contributed by atoms with E-state index in [1.807, 2.05) is 49.9 Å². The highest BCUT2D eigenvalue weighted by Crippen LogP contribution is 2.32. The number of fused-ring (bicyclic) bond motifs is 1. The SMILES string of the molecule is Cn1cc(-c2ccc3[nH]cc(-c4cccc(C#N)c4)c3c2)cn1. The summed E-state index contributed by atoms with van der Waals surface area (Å²) in [5.41, 5.74) is 6.10. The van der Waals surface area contributed by atoms with Gasteiger partial charge in [0.05, 0.1) is 17.8 Å². The van der Waals surface area contributed by atoms with Crippen LogP contribution in [-0.4, -0.2) is 14.8 Å². The summed E-state index contributed by atoms with van der Waals surface area (Å²) in [7, 11) is 1.91. The Morgan fingerprint density at radius 2 is 2.00 bits per heavy atom. The van der Waals surface area contributed by atoms with Crippen molar-refractivity contribution in [2.75, 3.05) is 0 Å². The van der Waals surface area contributed by atoms with Crippen LogP contribution in [0.15, 0.2) is 61.1 Å². The fourth-order valence-electron chi connectivity index (χ4n) is 2.87. The van der Waals surface area contributed by atoms with Gasteiger partial charge in [0, 0.05) is 41.5 Å². The van der Waals surface area contributed by atoms with Crippen molar-refractivity contribution in [2.45, 2.75) is 0 Å². The summed E-state index contributed by atoms with van der Waals surface area (Å²) in [5.74, 6) is 0. The van der Waals surface area contributed by atoms with E-state index in [4.69, 9.17) is 5.26 Å². The molecule has 0 radical (unpaired) electrons. The molecule has 2 aromatic carbocycles. The molecule has 0 saturated carbocycles. The van der Waals surface area contributed by atoms with E-state index >= 15 is 0 Å². The first kappa shape index (κ1) is 13.4. The number of nitriles is 1. The van der Waals surface area contributed by atoms with E-state index in [-0.39, 0.29) is 0 Å². The highest BCUT2D eigenvalue weighted by Gasteiger charge is 2.09. The summed E-state index contributed by atoms with van der Waals surface area (Å²) >= 11 is 0. The van der Waals surface area contributed by atoms with Gasteiger partial charge in [-0.25, -0.2) is 0 Å². The minimum Gasteiger partial charge on any atom is -0.361 e. The molecule has 4 aromatic rings. The molecule has 0 fully saturated rings. The number of aromatic nitrogens is 3. The van der Waals surface area contributed by atoms with Crippen molar-refractivity contribution in [3.05, 3.63) is 66.6 Å². The van der Waals surface area contributed by atoms with Crippen LogP contribution in [0.5, 0.6) is 0 Å². The third kappa shape index (κ3) is 2.29. The van der Waals surface area contributed by atoms with Gasteiger partial charge in [0.15, 0.2) is 0 Å². The number of aromatic amines is 1. The lowest BCUT2D eigenvalue weighted by Crippen LogP contribution is -1.84. The van der Waals surface area contributed by atoms with Crippen molar-refractivity contribution in [1.29, 1.82) is 5.26 Å². The Kier molecular flexibility index (Phi) is 2.99. The molecule has 0 aliphatic rings. The van der Waals surface area contributed by atoms with Crippen LogP contribution in [0.1, 0.15) is 5.56 Å². The van der Waals surface area contributed by atoms with Crippen LogP contribution in [-0.2, 0) is 7.05 Å². The molecule has 2 heterocycles. The summed E-state index contributed by atoms with van der Waals surface area (Å²) in [6.45, 7) is 0. The Bertz CT molecular complexity index is 1050. The van der Waals surface area contributed by atoms with Gasteiger partial charge < -0.3 is 4.98 Å². The van der Waals surface area contributed by atoms with E-state index in [0.717, 1.165) is 33.2 Å². The zero-order valence-corrected chi connectivity index (χ0v) is 12.6. The molecule has 110 valence electrons. The second-order valence-electron chi connectivity index (χ2n) is 5.56. The van der Waals surface area contributed by atoms with E-state index < -0.39 is 0 Å². The van der Waals surface area contributed by atoms with Crippen LogP contribution >= 0.6 is 0 Å². The number of hydrogen-bond acceptors (Lipinski definition) is 2. The summed E-state index contributed by atoms with van der Waals surface area (Å²) in [6.07, 6.45) is 5.86. The highest BCUT2D eigenvalue weighted by molar-refractivity contribution is 5.98. The number of hydrogen-bond donors (Lipinski definition) is 1. The second kappa shape index (κ2) is 5.15. The lowest BCUT2D eigenvalue weighted by atomic mass is 10.00. The topological polar surface area (TPSA) is 57.4 Å². The molecule has 0 unspecified atom stereocenters. The Hall–Kier alpha value is -3.32. The van der Waals surface area contributed by atoms with Crippen molar-refractivity contribution in [3.63, 3.8) is 0 Å². The number of rotatable bonds is 2. The molecule has 0 spiro atoms. The molecule has 2 aromatic heterocycles. The Morgan fingerprint density at radius 3 is 2.78 bits per heavy atom. The molecule has 4 rings (SSSR count). The summed E-state index contributed by atoms with van der Waals surface area (Å²) in [5, 5.41) is 14.5. The molecule has 0 aliphatic heterocycles. The van der Waals surface area contributed by atoms with Crippen LogP contribution in [0.2, 0.25) is 0 Å². The molecule has 23 heavy (non-hydrogen) atoms. The van der Waals surface area contributed by atoms with Crippen LogP contribution in [0.4, 0.5) is 0 Å². The highest BCUT2D eigenvalue weighted by atomic mass is 15.2. The first-order valence-electron chi connectivity index (χ1n) is 7.35. The second-order valence-corrected chi connectivity index (χ2v) is 5.56. The minimum absolute atomic E-state index is 0.667. The zero-order valence-electron chi connectivity index (χ0n) is 12.6. The fraction of sp³-hybridized carbons (Fsp3) is 0.0526. The number of H-pyrrole nitrogens is 1. The summed E-state index contributed by atoms with van der Waals surface area (Å²) in [6, 6.07) is 16.2. The average Bonchev–Trinajstić information content (AvgIpc) is 3.20. The minimum atomic E-state index is 0.667. The Balaban J connectivity index is 1.89. The number of nitrogens with one attached hydrogen (secondary N) is 1. The first-order chi connectivity index (χ1) is 11.2. The molecular weight excluding hydrogens is 284 g/mol. The van der Waals surface area contributed by atoms with E-state index in [1.165, 1.54) is 0 Å². The van der Waals surface area contributed by atoms with Gasteiger partial charge in [0.2, 0.25) is 0 Å². The molecule has 0 aliphatic carbocycles. The van der Waals surface area contributed by atoms with Crippen molar-refractivity contribution in [2.24, 2.45) is 7.05 Å². The lowest BCUT2D eigenvalue weighted by Gasteiger charge is -2.02. The normalized spacial score (nSPS) is 10.8. The van der Waals surface area contributed by atoms with Gasteiger partial charge in [-0.05, 0) is 35.4 Å². The smallest absolute Gasteiger partial charge is 0.0991 e. The van der Waals surface area contributed by atoms with Crippen LogP contribution in [0.3, 0.4) is 0 Å². The maximum atomic E-state index is 9.10. The molecule has 4 nitrogen and oxygen atoms in total. The van der Waals surface area contributed by atoms with Crippen molar-refractivity contribution < 1.29 is 0 Å².